The maximum Gasteiger partial charge on any atom is 0.136 e. The van der Waals surface area contributed by atoms with Crippen LogP contribution in [-0.4, -0.2) is 18.1 Å². The molecule has 0 bridgehead atoms. The third kappa shape index (κ3) is 3.37. The molecule has 2 nitrogen and oxygen atoms in total. The molecule has 1 aromatic heterocycles. The molecule has 0 fully saturated rings. The Balaban J connectivity index is 0.00000106. The molecule has 1 heterocycles. The van der Waals surface area contributed by atoms with Crippen LogP contribution in [0.5, 0.6) is 0 Å². The Morgan fingerprint density at radius 3 is 2.38 bits per heavy atom. The number of hydrogen-bond acceptors (Lipinski definition) is 2. The summed E-state index contributed by atoms with van der Waals surface area (Å²) in [5.74, 6) is 1.01. The zero-order valence-corrected chi connectivity index (χ0v) is 11.4. The second-order valence-corrected chi connectivity index (χ2v) is 3.77. The Morgan fingerprint density at radius 2 is 1.94 bits per heavy atom. The van der Waals surface area contributed by atoms with E-state index in [1.165, 1.54) is 5.56 Å². The van der Waals surface area contributed by atoms with E-state index in [1.54, 1.807) is 0 Å². The van der Waals surface area contributed by atoms with E-state index < -0.39 is 0 Å². The minimum absolute atomic E-state index is 0.447. The van der Waals surface area contributed by atoms with Gasteiger partial charge in [0.25, 0.3) is 0 Å². The van der Waals surface area contributed by atoms with Crippen LogP contribution in [0.3, 0.4) is 0 Å². The van der Waals surface area contributed by atoms with Crippen molar-refractivity contribution in [3.63, 3.8) is 0 Å². The van der Waals surface area contributed by atoms with Gasteiger partial charge in [-0.1, -0.05) is 26.5 Å². The summed E-state index contributed by atoms with van der Waals surface area (Å²) >= 11 is 0. The van der Waals surface area contributed by atoms with E-state index in [9.17, 15) is 0 Å². The molecule has 1 aromatic rings. The molecule has 0 spiro atoms. The Bertz CT molecular complexity index is 330. The number of aryl methyl sites for hydroxylation is 1. The molecule has 0 saturated carbocycles. The molecule has 16 heavy (non-hydrogen) atoms. The first kappa shape index (κ1) is 14.7. The highest BCUT2D eigenvalue weighted by atomic mass is 15.2. The Kier molecular flexibility index (Phi) is 6.47. The van der Waals surface area contributed by atoms with Crippen LogP contribution in [0, 0.1) is 6.92 Å². The van der Waals surface area contributed by atoms with Crippen LogP contribution >= 0.6 is 0 Å². The van der Waals surface area contributed by atoms with E-state index in [-0.39, 0.29) is 0 Å². The van der Waals surface area contributed by atoms with Crippen LogP contribution in [0.4, 0.5) is 5.82 Å². The normalized spacial score (nSPS) is 9.44. The van der Waals surface area contributed by atoms with Gasteiger partial charge >= 0.3 is 0 Å². The summed E-state index contributed by atoms with van der Waals surface area (Å²) in [5, 5.41) is 0. The maximum atomic E-state index is 4.39. The summed E-state index contributed by atoms with van der Waals surface area (Å²) in [5.41, 5.74) is 2.35. The van der Waals surface area contributed by atoms with Crippen molar-refractivity contribution in [1.82, 2.24) is 4.98 Å². The summed E-state index contributed by atoms with van der Waals surface area (Å²) in [6.07, 6.45) is 3.72. The SMILES string of the molecule is C=Cc1c(C)ccnc1N(C)C(C)C.CC. The van der Waals surface area contributed by atoms with E-state index >= 15 is 0 Å². The summed E-state index contributed by atoms with van der Waals surface area (Å²) < 4.78 is 0. The van der Waals surface area contributed by atoms with Crippen LogP contribution < -0.4 is 4.90 Å². The highest BCUT2D eigenvalue weighted by molar-refractivity contribution is 5.65. The number of anilines is 1. The average Bonchev–Trinajstić information content (AvgIpc) is 2.30. The van der Waals surface area contributed by atoms with E-state index in [2.05, 4.69) is 44.3 Å². The lowest BCUT2D eigenvalue weighted by atomic mass is 10.1. The van der Waals surface area contributed by atoms with Crippen LogP contribution in [0.15, 0.2) is 18.8 Å². The van der Waals surface area contributed by atoms with E-state index in [1.807, 2.05) is 32.2 Å². The zero-order valence-electron chi connectivity index (χ0n) is 11.4. The largest absolute Gasteiger partial charge is 0.357 e. The molecule has 2 heteroatoms. The lowest BCUT2D eigenvalue weighted by molar-refractivity contribution is 0.742. The van der Waals surface area contributed by atoms with Gasteiger partial charge in [0.15, 0.2) is 0 Å². The fraction of sp³-hybridized carbons (Fsp3) is 0.500. The van der Waals surface area contributed by atoms with E-state index in [0.29, 0.717) is 6.04 Å². The maximum absolute atomic E-state index is 4.39. The zero-order chi connectivity index (χ0) is 12.7. The fourth-order valence-electron chi connectivity index (χ4n) is 1.33. The molecular formula is C14H24N2. The minimum Gasteiger partial charge on any atom is -0.357 e. The molecule has 90 valence electrons. The molecule has 0 radical (unpaired) electrons. The second kappa shape index (κ2) is 7.04. The quantitative estimate of drug-likeness (QED) is 0.768. The second-order valence-electron chi connectivity index (χ2n) is 3.77. The molecule has 0 saturated heterocycles. The third-order valence-electron chi connectivity index (χ3n) is 2.50. The van der Waals surface area contributed by atoms with Crippen LogP contribution in [-0.2, 0) is 0 Å². The Labute approximate surface area is 100 Å². The first-order chi connectivity index (χ1) is 7.57. The molecule has 0 aromatic carbocycles. The standard InChI is InChI=1S/C12H18N2.C2H6/c1-6-11-10(4)7-8-13-12(11)14(5)9(2)3;1-2/h6-9H,1H2,2-5H3;1-2H3. The number of hydrogen-bond donors (Lipinski definition) is 0. The fourth-order valence-corrected chi connectivity index (χ4v) is 1.33. The molecule has 0 atom stereocenters. The van der Waals surface area contributed by atoms with Gasteiger partial charge in [0.05, 0.1) is 0 Å². The van der Waals surface area contributed by atoms with Crippen molar-refractivity contribution >= 4 is 11.9 Å². The molecule has 0 aliphatic heterocycles. The summed E-state index contributed by atoms with van der Waals surface area (Å²) in [7, 11) is 2.06. The van der Waals surface area contributed by atoms with Gasteiger partial charge in [-0.25, -0.2) is 4.98 Å². The topological polar surface area (TPSA) is 16.1 Å². The van der Waals surface area contributed by atoms with Gasteiger partial charge in [-0.2, -0.15) is 0 Å². The molecule has 0 N–H and O–H groups in total. The van der Waals surface area contributed by atoms with Crippen molar-refractivity contribution < 1.29 is 0 Å². The van der Waals surface area contributed by atoms with Gasteiger partial charge in [-0.15, -0.1) is 0 Å². The predicted molar refractivity (Wildman–Crippen MR) is 74.0 cm³/mol. The van der Waals surface area contributed by atoms with Gasteiger partial charge in [0.1, 0.15) is 5.82 Å². The third-order valence-corrected chi connectivity index (χ3v) is 2.50. The monoisotopic (exact) mass is 220 g/mol. The molecule has 0 aliphatic carbocycles. The smallest absolute Gasteiger partial charge is 0.136 e. The molecule has 0 aliphatic rings. The average molecular weight is 220 g/mol. The van der Waals surface area contributed by atoms with Crippen LogP contribution in [0.2, 0.25) is 0 Å². The first-order valence-electron chi connectivity index (χ1n) is 5.88. The minimum atomic E-state index is 0.447. The van der Waals surface area contributed by atoms with Gasteiger partial charge < -0.3 is 4.90 Å². The van der Waals surface area contributed by atoms with Crippen molar-refractivity contribution in [3.8, 4) is 0 Å². The first-order valence-corrected chi connectivity index (χ1v) is 5.88. The van der Waals surface area contributed by atoms with E-state index in [4.69, 9.17) is 0 Å². The van der Waals surface area contributed by atoms with Crippen LogP contribution in [0.1, 0.15) is 38.8 Å². The number of pyridine rings is 1. The molecule has 0 unspecified atom stereocenters. The summed E-state index contributed by atoms with van der Waals surface area (Å²) in [6, 6.07) is 2.46. The van der Waals surface area contributed by atoms with Crippen molar-refractivity contribution in [1.29, 1.82) is 0 Å². The summed E-state index contributed by atoms with van der Waals surface area (Å²) in [6.45, 7) is 14.2. The van der Waals surface area contributed by atoms with Crippen molar-refractivity contribution in [3.05, 3.63) is 30.0 Å². The molecular weight excluding hydrogens is 196 g/mol. The van der Waals surface area contributed by atoms with Crippen LogP contribution in [0.25, 0.3) is 6.08 Å². The highest BCUT2D eigenvalue weighted by Crippen LogP contribution is 2.22. The van der Waals surface area contributed by atoms with E-state index in [0.717, 1.165) is 11.4 Å². The predicted octanol–water partition coefficient (Wildman–Crippen LogP) is 3.90. The van der Waals surface area contributed by atoms with Gasteiger partial charge in [-0.05, 0) is 32.4 Å². The van der Waals surface area contributed by atoms with Gasteiger partial charge in [-0.3, -0.25) is 0 Å². The van der Waals surface area contributed by atoms with Gasteiger partial charge in [0, 0.05) is 24.8 Å². The molecule has 1 rings (SSSR count). The highest BCUT2D eigenvalue weighted by Gasteiger charge is 2.10. The summed E-state index contributed by atoms with van der Waals surface area (Å²) in [4.78, 5) is 6.54. The number of nitrogens with zero attached hydrogens (tertiary/aromatic N) is 2. The van der Waals surface area contributed by atoms with Crippen molar-refractivity contribution in [2.45, 2.75) is 40.7 Å². The Morgan fingerprint density at radius 1 is 1.38 bits per heavy atom. The number of rotatable bonds is 3. The molecule has 0 amide bonds. The Hall–Kier alpha value is -1.31. The number of aromatic nitrogens is 1. The lowest BCUT2D eigenvalue weighted by Gasteiger charge is -2.24. The van der Waals surface area contributed by atoms with Crippen molar-refractivity contribution in [2.75, 3.05) is 11.9 Å². The van der Waals surface area contributed by atoms with Crippen molar-refractivity contribution in [2.24, 2.45) is 0 Å². The lowest BCUT2D eigenvalue weighted by Crippen LogP contribution is -2.27. The van der Waals surface area contributed by atoms with Gasteiger partial charge in [0.2, 0.25) is 0 Å².